The van der Waals surface area contributed by atoms with Crippen LogP contribution >= 0.6 is 0 Å². The van der Waals surface area contributed by atoms with Gasteiger partial charge in [0.1, 0.15) is 5.75 Å². The normalized spacial score (nSPS) is 16.3. The summed E-state index contributed by atoms with van der Waals surface area (Å²) >= 11 is 0. The van der Waals surface area contributed by atoms with Gasteiger partial charge in [-0.15, -0.1) is 0 Å². The monoisotopic (exact) mass is 258 g/mol. The SMILES string of the molecule is Cn1ccc(C(NN)c2cccc(OC3CC3)c2)n1. The lowest BCUT2D eigenvalue weighted by molar-refractivity contribution is 0.302. The predicted molar refractivity (Wildman–Crippen MR) is 72.5 cm³/mol. The number of rotatable bonds is 5. The molecule has 1 aliphatic rings. The maximum absolute atomic E-state index is 5.81. The van der Waals surface area contributed by atoms with Crippen molar-refractivity contribution in [2.75, 3.05) is 0 Å². The third kappa shape index (κ3) is 2.77. The van der Waals surface area contributed by atoms with Crippen molar-refractivity contribution in [1.29, 1.82) is 0 Å². The molecule has 1 fully saturated rings. The third-order valence-corrected chi connectivity index (χ3v) is 3.22. The fraction of sp³-hybridized carbons (Fsp3) is 0.357. The van der Waals surface area contributed by atoms with Crippen molar-refractivity contribution in [3.63, 3.8) is 0 Å². The zero-order valence-corrected chi connectivity index (χ0v) is 10.9. The van der Waals surface area contributed by atoms with E-state index >= 15 is 0 Å². The molecule has 5 heteroatoms. The van der Waals surface area contributed by atoms with Crippen LogP contribution in [-0.2, 0) is 7.05 Å². The largest absolute Gasteiger partial charge is 0.490 e. The van der Waals surface area contributed by atoms with Crippen molar-refractivity contribution in [1.82, 2.24) is 15.2 Å². The number of nitrogens with two attached hydrogens (primary N) is 1. The van der Waals surface area contributed by atoms with E-state index in [1.807, 2.05) is 43.6 Å². The van der Waals surface area contributed by atoms with Crippen LogP contribution in [0, 0.1) is 0 Å². The number of nitrogens with zero attached hydrogens (tertiary/aromatic N) is 2. The Hall–Kier alpha value is -1.85. The van der Waals surface area contributed by atoms with Crippen molar-refractivity contribution in [3.05, 3.63) is 47.8 Å². The highest BCUT2D eigenvalue weighted by atomic mass is 16.5. The first kappa shape index (κ1) is 12.2. The molecule has 0 saturated heterocycles. The molecular weight excluding hydrogens is 240 g/mol. The summed E-state index contributed by atoms with van der Waals surface area (Å²) in [6.45, 7) is 0. The average Bonchev–Trinajstić information content (AvgIpc) is 3.12. The van der Waals surface area contributed by atoms with Gasteiger partial charge in [0.15, 0.2) is 0 Å². The second-order valence-electron chi connectivity index (χ2n) is 4.90. The molecule has 2 aromatic rings. The van der Waals surface area contributed by atoms with Gasteiger partial charge in [-0.25, -0.2) is 5.43 Å². The van der Waals surface area contributed by atoms with E-state index in [1.54, 1.807) is 4.68 Å². The molecule has 100 valence electrons. The molecule has 0 aliphatic heterocycles. The van der Waals surface area contributed by atoms with Crippen molar-refractivity contribution < 1.29 is 4.74 Å². The van der Waals surface area contributed by atoms with Crippen molar-refractivity contribution in [2.45, 2.75) is 25.0 Å². The first-order chi connectivity index (χ1) is 9.26. The highest BCUT2D eigenvalue weighted by Crippen LogP contribution is 2.29. The van der Waals surface area contributed by atoms with Crippen LogP contribution in [0.2, 0.25) is 0 Å². The topological polar surface area (TPSA) is 65.1 Å². The molecule has 1 atom stereocenters. The molecule has 1 aliphatic carbocycles. The number of benzene rings is 1. The molecule has 3 N–H and O–H groups in total. The van der Waals surface area contributed by atoms with E-state index < -0.39 is 0 Å². The molecule has 5 nitrogen and oxygen atoms in total. The number of hydrogen-bond donors (Lipinski definition) is 2. The summed E-state index contributed by atoms with van der Waals surface area (Å²) in [5.41, 5.74) is 4.76. The third-order valence-electron chi connectivity index (χ3n) is 3.22. The van der Waals surface area contributed by atoms with Crippen LogP contribution in [0.5, 0.6) is 5.75 Å². The van der Waals surface area contributed by atoms with E-state index in [1.165, 1.54) is 0 Å². The minimum absolute atomic E-state index is 0.121. The minimum atomic E-state index is -0.121. The zero-order valence-electron chi connectivity index (χ0n) is 10.9. The standard InChI is InChI=1S/C14H18N4O/c1-18-8-7-13(17-18)14(16-15)10-3-2-4-12(9-10)19-11-5-6-11/h2-4,7-9,11,14,16H,5-6,15H2,1H3. The molecule has 3 rings (SSSR count). The van der Waals surface area contributed by atoms with Crippen LogP contribution < -0.4 is 16.0 Å². The lowest BCUT2D eigenvalue weighted by Crippen LogP contribution is -2.29. The first-order valence-corrected chi connectivity index (χ1v) is 6.48. The van der Waals surface area contributed by atoms with E-state index in [0.717, 1.165) is 29.8 Å². The lowest BCUT2D eigenvalue weighted by Gasteiger charge is -2.15. The van der Waals surface area contributed by atoms with Crippen molar-refractivity contribution >= 4 is 0 Å². The van der Waals surface area contributed by atoms with E-state index in [9.17, 15) is 0 Å². The van der Waals surface area contributed by atoms with E-state index in [2.05, 4.69) is 10.5 Å². The fourth-order valence-electron chi connectivity index (χ4n) is 2.09. The van der Waals surface area contributed by atoms with Gasteiger partial charge in [-0.2, -0.15) is 5.10 Å². The number of hydrazine groups is 1. The highest BCUT2D eigenvalue weighted by Gasteiger charge is 2.24. The molecular formula is C14H18N4O. The summed E-state index contributed by atoms with van der Waals surface area (Å²) in [6, 6.07) is 9.85. The molecule has 0 radical (unpaired) electrons. The molecule has 1 unspecified atom stereocenters. The molecule has 1 heterocycles. The molecule has 1 saturated carbocycles. The van der Waals surface area contributed by atoms with Crippen LogP contribution in [0.1, 0.15) is 30.1 Å². The molecule has 0 spiro atoms. The van der Waals surface area contributed by atoms with Gasteiger partial charge in [-0.3, -0.25) is 10.5 Å². The molecule has 1 aromatic carbocycles. The van der Waals surface area contributed by atoms with Crippen LogP contribution in [0.25, 0.3) is 0 Å². The van der Waals surface area contributed by atoms with Crippen LogP contribution in [0.4, 0.5) is 0 Å². The Morgan fingerprint density at radius 1 is 1.42 bits per heavy atom. The molecule has 1 aromatic heterocycles. The maximum atomic E-state index is 5.81. The minimum Gasteiger partial charge on any atom is -0.490 e. The van der Waals surface area contributed by atoms with E-state index in [-0.39, 0.29) is 6.04 Å². The van der Waals surface area contributed by atoms with Gasteiger partial charge < -0.3 is 4.74 Å². The fourth-order valence-corrected chi connectivity index (χ4v) is 2.09. The Morgan fingerprint density at radius 3 is 2.89 bits per heavy atom. The highest BCUT2D eigenvalue weighted by molar-refractivity contribution is 5.34. The predicted octanol–water partition coefficient (Wildman–Crippen LogP) is 1.51. The summed E-state index contributed by atoms with van der Waals surface area (Å²) in [5, 5.41) is 4.39. The van der Waals surface area contributed by atoms with Gasteiger partial charge in [0, 0.05) is 13.2 Å². The molecule has 0 bridgehead atoms. The first-order valence-electron chi connectivity index (χ1n) is 6.48. The van der Waals surface area contributed by atoms with Crippen LogP contribution in [-0.4, -0.2) is 15.9 Å². The molecule has 19 heavy (non-hydrogen) atoms. The van der Waals surface area contributed by atoms with E-state index in [0.29, 0.717) is 6.10 Å². The zero-order chi connectivity index (χ0) is 13.2. The number of aromatic nitrogens is 2. The number of aryl methyl sites for hydroxylation is 1. The van der Waals surface area contributed by atoms with Crippen molar-refractivity contribution in [3.8, 4) is 5.75 Å². The van der Waals surface area contributed by atoms with Gasteiger partial charge in [-0.1, -0.05) is 12.1 Å². The number of hydrogen-bond acceptors (Lipinski definition) is 4. The van der Waals surface area contributed by atoms with Gasteiger partial charge in [-0.05, 0) is 36.6 Å². The second kappa shape index (κ2) is 5.03. The Balaban J connectivity index is 1.85. The Bertz CT molecular complexity index is 562. The number of ether oxygens (including phenoxy) is 1. The molecule has 0 amide bonds. The van der Waals surface area contributed by atoms with Crippen LogP contribution in [0.15, 0.2) is 36.5 Å². The van der Waals surface area contributed by atoms with E-state index in [4.69, 9.17) is 10.6 Å². The second-order valence-corrected chi connectivity index (χ2v) is 4.90. The van der Waals surface area contributed by atoms with Crippen LogP contribution in [0.3, 0.4) is 0 Å². The quantitative estimate of drug-likeness (QED) is 0.630. The Labute approximate surface area is 112 Å². The smallest absolute Gasteiger partial charge is 0.120 e. The summed E-state index contributed by atoms with van der Waals surface area (Å²) < 4.78 is 7.58. The van der Waals surface area contributed by atoms with Crippen molar-refractivity contribution in [2.24, 2.45) is 12.9 Å². The van der Waals surface area contributed by atoms with Gasteiger partial charge in [0.05, 0.1) is 17.8 Å². The summed E-state index contributed by atoms with van der Waals surface area (Å²) in [4.78, 5) is 0. The van der Waals surface area contributed by atoms with Gasteiger partial charge in [0.2, 0.25) is 0 Å². The number of nitrogens with one attached hydrogen (secondary N) is 1. The summed E-state index contributed by atoms with van der Waals surface area (Å²) in [6.07, 6.45) is 4.62. The summed E-state index contributed by atoms with van der Waals surface area (Å²) in [5.74, 6) is 6.57. The lowest BCUT2D eigenvalue weighted by atomic mass is 10.0. The Morgan fingerprint density at radius 2 is 2.26 bits per heavy atom. The van der Waals surface area contributed by atoms with Gasteiger partial charge in [0.25, 0.3) is 0 Å². The average molecular weight is 258 g/mol. The summed E-state index contributed by atoms with van der Waals surface area (Å²) in [7, 11) is 1.89. The maximum Gasteiger partial charge on any atom is 0.120 e. The Kier molecular flexibility index (Phi) is 3.23. The van der Waals surface area contributed by atoms with Gasteiger partial charge >= 0.3 is 0 Å².